The average Bonchev–Trinajstić information content (AvgIpc) is 3.78. The number of amides is 2. The van der Waals surface area contributed by atoms with Gasteiger partial charge in [0.15, 0.2) is 0 Å². The standard InChI is InChI=1S/C27H34N2O5/c30-15-14-28-27(32)25(17-20-5-9-23(10-6-20)33-16-13-19-1-2-19)29-26(31)22-7-11-24(12-8-22)34-18-21-3-4-21/h5-12,19,21,25,30H,1-4,13-18H2,(H,28,32)(H,29,31). The molecule has 1 unspecified atom stereocenters. The highest BCUT2D eigenvalue weighted by molar-refractivity contribution is 5.97. The first kappa shape index (κ1) is 24.1. The predicted octanol–water partition coefficient (Wildman–Crippen LogP) is 3.10. The van der Waals surface area contributed by atoms with Crippen molar-refractivity contribution in [1.82, 2.24) is 10.6 Å². The molecule has 1 atom stereocenters. The molecule has 7 heteroatoms. The van der Waals surface area contributed by atoms with Gasteiger partial charge in [-0.2, -0.15) is 0 Å². The van der Waals surface area contributed by atoms with Gasteiger partial charge in [0.2, 0.25) is 5.91 Å². The highest BCUT2D eigenvalue weighted by Crippen LogP contribution is 2.32. The first-order valence-electron chi connectivity index (χ1n) is 12.2. The van der Waals surface area contributed by atoms with Crippen molar-refractivity contribution in [3.63, 3.8) is 0 Å². The fourth-order valence-electron chi connectivity index (χ4n) is 3.66. The van der Waals surface area contributed by atoms with Crippen molar-refractivity contribution < 1.29 is 24.2 Å². The smallest absolute Gasteiger partial charge is 0.251 e. The number of hydrogen-bond acceptors (Lipinski definition) is 5. The molecular weight excluding hydrogens is 432 g/mol. The SMILES string of the molecule is O=C(NC(Cc1ccc(OCCC2CC2)cc1)C(=O)NCCO)c1ccc(OCC2CC2)cc1. The van der Waals surface area contributed by atoms with E-state index in [0.29, 0.717) is 24.5 Å². The molecular formula is C27H34N2O5. The third kappa shape index (κ3) is 7.76. The molecule has 3 N–H and O–H groups in total. The largest absolute Gasteiger partial charge is 0.494 e. The Labute approximate surface area is 200 Å². The van der Waals surface area contributed by atoms with E-state index < -0.39 is 6.04 Å². The molecule has 0 heterocycles. The zero-order valence-electron chi connectivity index (χ0n) is 19.5. The molecule has 0 radical (unpaired) electrons. The van der Waals surface area contributed by atoms with Gasteiger partial charge in [-0.05, 0) is 73.1 Å². The highest BCUT2D eigenvalue weighted by Gasteiger charge is 2.23. The third-order valence-corrected chi connectivity index (χ3v) is 6.19. The fraction of sp³-hybridized carbons (Fsp3) is 0.481. The molecule has 2 amide bonds. The minimum Gasteiger partial charge on any atom is -0.494 e. The summed E-state index contributed by atoms with van der Waals surface area (Å²) in [5.74, 6) is 2.35. The summed E-state index contributed by atoms with van der Waals surface area (Å²) < 4.78 is 11.5. The third-order valence-electron chi connectivity index (χ3n) is 6.19. The maximum Gasteiger partial charge on any atom is 0.251 e. The van der Waals surface area contributed by atoms with E-state index in [1.165, 1.54) is 25.7 Å². The number of carbonyl (C=O) groups excluding carboxylic acids is 2. The van der Waals surface area contributed by atoms with E-state index in [1.807, 2.05) is 24.3 Å². The fourth-order valence-corrected chi connectivity index (χ4v) is 3.66. The molecule has 2 aromatic rings. The monoisotopic (exact) mass is 466 g/mol. The maximum atomic E-state index is 12.8. The lowest BCUT2D eigenvalue weighted by molar-refractivity contribution is -0.123. The minimum absolute atomic E-state index is 0.131. The summed E-state index contributed by atoms with van der Waals surface area (Å²) in [5, 5.41) is 14.6. The molecule has 2 aliphatic rings. The van der Waals surface area contributed by atoms with Crippen LogP contribution in [0.3, 0.4) is 0 Å². The summed E-state index contributed by atoms with van der Waals surface area (Å²) >= 11 is 0. The highest BCUT2D eigenvalue weighted by atomic mass is 16.5. The lowest BCUT2D eigenvalue weighted by atomic mass is 10.0. The normalized spacial score (nSPS) is 15.9. The molecule has 2 aliphatic carbocycles. The summed E-state index contributed by atoms with van der Waals surface area (Å²) in [6, 6.07) is 13.8. The number of aliphatic hydroxyl groups is 1. The Morgan fingerprint density at radius 2 is 1.56 bits per heavy atom. The number of benzene rings is 2. The molecule has 0 bridgehead atoms. The van der Waals surface area contributed by atoms with Crippen LogP contribution in [0.2, 0.25) is 0 Å². The van der Waals surface area contributed by atoms with Crippen molar-refractivity contribution >= 4 is 11.8 Å². The lowest BCUT2D eigenvalue weighted by Gasteiger charge is -2.19. The number of aliphatic hydroxyl groups excluding tert-OH is 1. The summed E-state index contributed by atoms with van der Waals surface area (Å²) in [6.45, 7) is 1.40. The predicted molar refractivity (Wildman–Crippen MR) is 129 cm³/mol. The van der Waals surface area contributed by atoms with Gasteiger partial charge in [0.25, 0.3) is 5.91 Å². The molecule has 0 spiro atoms. The first-order chi connectivity index (χ1) is 16.6. The Kier molecular flexibility index (Phi) is 8.41. The molecule has 0 aliphatic heterocycles. The van der Waals surface area contributed by atoms with Crippen LogP contribution < -0.4 is 20.1 Å². The van der Waals surface area contributed by atoms with Crippen LogP contribution in [0.4, 0.5) is 0 Å². The second-order valence-electron chi connectivity index (χ2n) is 9.25. The second kappa shape index (κ2) is 11.9. The first-order valence-corrected chi connectivity index (χ1v) is 12.2. The van der Waals surface area contributed by atoms with Gasteiger partial charge in [-0.3, -0.25) is 9.59 Å². The minimum atomic E-state index is -0.772. The molecule has 0 aromatic heterocycles. The summed E-state index contributed by atoms with van der Waals surface area (Å²) in [5.41, 5.74) is 1.36. The van der Waals surface area contributed by atoms with Crippen LogP contribution in [-0.2, 0) is 11.2 Å². The molecule has 0 saturated heterocycles. The van der Waals surface area contributed by atoms with Crippen LogP contribution in [-0.4, -0.2) is 49.3 Å². The van der Waals surface area contributed by atoms with Crippen molar-refractivity contribution in [3.05, 3.63) is 59.7 Å². The maximum absolute atomic E-state index is 12.8. The number of carbonyl (C=O) groups is 2. The lowest BCUT2D eigenvalue weighted by Crippen LogP contribution is -2.48. The van der Waals surface area contributed by atoms with Crippen LogP contribution in [0.15, 0.2) is 48.5 Å². The zero-order valence-corrected chi connectivity index (χ0v) is 19.5. The summed E-state index contributed by atoms with van der Waals surface area (Å²) in [6.07, 6.45) is 6.48. The molecule has 2 fully saturated rings. The Morgan fingerprint density at radius 1 is 0.912 bits per heavy atom. The van der Waals surface area contributed by atoms with Crippen molar-refractivity contribution in [2.24, 2.45) is 11.8 Å². The number of ether oxygens (including phenoxy) is 2. The quantitative estimate of drug-likeness (QED) is 0.398. The van der Waals surface area contributed by atoms with Crippen LogP contribution >= 0.6 is 0 Å². The van der Waals surface area contributed by atoms with Gasteiger partial charge in [0.05, 0.1) is 19.8 Å². The number of rotatable bonds is 14. The van der Waals surface area contributed by atoms with Gasteiger partial charge >= 0.3 is 0 Å². The van der Waals surface area contributed by atoms with E-state index in [2.05, 4.69) is 10.6 Å². The summed E-state index contributed by atoms with van der Waals surface area (Å²) in [7, 11) is 0. The van der Waals surface area contributed by atoms with Crippen molar-refractivity contribution in [2.75, 3.05) is 26.4 Å². The van der Waals surface area contributed by atoms with Crippen LogP contribution in [0.25, 0.3) is 0 Å². The summed E-state index contributed by atoms with van der Waals surface area (Å²) in [4.78, 5) is 25.5. The van der Waals surface area contributed by atoms with Crippen molar-refractivity contribution in [1.29, 1.82) is 0 Å². The Balaban J connectivity index is 1.33. The number of hydrogen-bond donors (Lipinski definition) is 3. The van der Waals surface area contributed by atoms with Gasteiger partial charge in [-0.1, -0.05) is 25.0 Å². The number of nitrogens with one attached hydrogen (secondary N) is 2. The topological polar surface area (TPSA) is 96.9 Å². The van der Waals surface area contributed by atoms with Gasteiger partial charge < -0.3 is 25.2 Å². The van der Waals surface area contributed by atoms with Crippen molar-refractivity contribution in [2.45, 2.75) is 44.6 Å². The van der Waals surface area contributed by atoms with Crippen LogP contribution in [0.1, 0.15) is 48.0 Å². The molecule has 182 valence electrons. The van der Waals surface area contributed by atoms with Gasteiger partial charge in [0, 0.05) is 18.5 Å². The van der Waals surface area contributed by atoms with E-state index >= 15 is 0 Å². The van der Waals surface area contributed by atoms with E-state index in [1.54, 1.807) is 24.3 Å². The Hall–Kier alpha value is -3.06. The molecule has 2 saturated carbocycles. The second-order valence-corrected chi connectivity index (χ2v) is 9.25. The van der Waals surface area contributed by atoms with Gasteiger partial charge in [-0.15, -0.1) is 0 Å². The molecule has 7 nitrogen and oxygen atoms in total. The van der Waals surface area contributed by atoms with E-state index in [4.69, 9.17) is 14.6 Å². The van der Waals surface area contributed by atoms with E-state index in [-0.39, 0.29) is 25.0 Å². The molecule has 4 rings (SSSR count). The Bertz CT molecular complexity index is 936. The Morgan fingerprint density at radius 3 is 2.21 bits per heavy atom. The molecule has 2 aromatic carbocycles. The van der Waals surface area contributed by atoms with Crippen molar-refractivity contribution in [3.8, 4) is 11.5 Å². The van der Waals surface area contributed by atoms with E-state index in [0.717, 1.165) is 36.0 Å². The zero-order chi connectivity index (χ0) is 23.8. The average molecular weight is 467 g/mol. The van der Waals surface area contributed by atoms with Crippen LogP contribution in [0, 0.1) is 11.8 Å². The van der Waals surface area contributed by atoms with Gasteiger partial charge in [-0.25, -0.2) is 0 Å². The van der Waals surface area contributed by atoms with Gasteiger partial charge in [0.1, 0.15) is 17.5 Å². The molecule has 34 heavy (non-hydrogen) atoms. The van der Waals surface area contributed by atoms with E-state index in [9.17, 15) is 9.59 Å². The van der Waals surface area contributed by atoms with Crippen LogP contribution in [0.5, 0.6) is 11.5 Å².